The first-order valence-corrected chi connectivity index (χ1v) is 11.8. The summed E-state index contributed by atoms with van der Waals surface area (Å²) in [6.07, 6.45) is -0.325. The minimum absolute atomic E-state index is 0.0848. The van der Waals surface area contributed by atoms with Crippen molar-refractivity contribution in [2.45, 2.75) is 45.4 Å². The number of halogens is 1. The topological polar surface area (TPSA) is 87.7 Å². The Morgan fingerprint density at radius 3 is 2.17 bits per heavy atom. The van der Waals surface area contributed by atoms with E-state index in [-0.39, 0.29) is 12.5 Å². The van der Waals surface area contributed by atoms with Gasteiger partial charge >= 0.3 is 6.09 Å². The minimum atomic E-state index is -0.968. The molecule has 0 radical (unpaired) electrons. The Balaban J connectivity index is 1.60. The number of hydrogen-bond donors (Lipinski definition) is 2. The standard InChI is InChI=1S/C28H28FN3O4/c1-3-4-24(33)30-22-13-9-20(10-14-22)26-25(27(34)31-23-15-11-21(29)12-16-23)32(28(35)36-26)17-19-7-5-18(2)6-8-19/h5-16,25-26H,3-4,17H2,1-2H3,(H,30,33)(H,31,34)/t25-,26+/m0/s1. The highest BCUT2D eigenvalue weighted by atomic mass is 19.1. The van der Waals surface area contributed by atoms with Crippen LogP contribution >= 0.6 is 0 Å². The normalized spacial score (nSPS) is 17.0. The van der Waals surface area contributed by atoms with Crippen LogP contribution in [0.25, 0.3) is 0 Å². The molecular formula is C28H28FN3O4. The maximum Gasteiger partial charge on any atom is 0.411 e. The van der Waals surface area contributed by atoms with Gasteiger partial charge in [0.05, 0.1) is 6.54 Å². The number of ether oxygens (including phenoxy) is 1. The quantitative estimate of drug-likeness (QED) is 0.433. The van der Waals surface area contributed by atoms with Crippen LogP contribution in [0.2, 0.25) is 0 Å². The molecule has 3 aromatic rings. The summed E-state index contributed by atoms with van der Waals surface area (Å²) in [4.78, 5) is 39.7. The lowest BCUT2D eigenvalue weighted by Crippen LogP contribution is -2.43. The molecule has 0 bridgehead atoms. The fourth-order valence-electron chi connectivity index (χ4n) is 4.06. The third-order valence-corrected chi connectivity index (χ3v) is 5.94. The van der Waals surface area contributed by atoms with Crippen molar-refractivity contribution >= 4 is 29.3 Å². The van der Waals surface area contributed by atoms with E-state index < -0.39 is 30.0 Å². The fraction of sp³-hybridized carbons (Fsp3) is 0.250. The molecule has 2 atom stereocenters. The van der Waals surface area contributed by atoms with Crippen molar-refractivity contribution in [3.05, 3.63) is 95.3 Å². The van der Waals surface area contributed by atoms with Crippen molar-refractivity contribution in [2.24, 2.45) is 0 Å². The molecule has 3 amide bonds. The highest BCUT2D eigenvalue weighted by Gasteiger charge is 2.47. The number of carbonyl (C=O) groups is 3. The molecule has 0 aromatic heterocycles. The summed E-state index contributed by atoms with van der Waals surface area (Å²) in [5, 5.41) is 5.59. The summed E-state index contributed by atoms with van der Waals surface area (Å²) < 4.78 is 19.0. The van der Waals surface area contributed by atoms with E-state index >= 15 is 0 Å². The molecule has 36 heavy (non-hydrogen) atoms. The maximum absolute atomic E-state index is 13.4. The van der Waals surface area contributed by atoms with Gasteiger partial charge in [0.2, 0.25) is 5.91 Å². The molecule has 1 aliphatic rings. The van der Waals surface area contributed by atoms with Crippen molar-refractivity contribution < 1.29 is 23.5 Å². The SMILES string of the molecule is CCCC(=O)Nc1ccc([C@H]2OC(=O)N(Cc3ccc(C)cc3)[C@@H]2C(=O)Nc2ccc(F)cc2)cc1. The molecule has 0 unspecified atom stereocenters. The van der Waals surface area contributed by atoms with Gasteiger partial charge in [-0.25, -0.2) is 9.18 Å². The van der Waals surface area contributed by atoms with Crippen LogP contribution in [-0.4, -0.2) is 28.8 Å². The Hall–Kier alpha value is -4.20. The summed E-state index contributed by atoms with van der Waals surface area (Å²) >= 11 is 0. The maximum atomic E-state index is 13.4. The van der Waals surface area contributed by atoms with Crippen molar-refractivity contribution in [3.63, 3.8) is 0 Å². The van der Waals surface area contributed by atoms with E-state index in [1.165, 1.54) is 29.2 Å². The lowest BCUT2D eigenvalue weighted by Gasteiger charge is -2.24. The second-order valence-electron chi connectivity index (χ2n) is 8.78. The number of anilines is 2. The number of amides is 3. The first-order chi connectivity index (χ1) is 17.3. The smallest absolute Gasteiger partial charge is 0.411 e. The highest BCUT2D eigenvalue weighted by molar-refractivity contribution is 5.98. The third kappa shape index (κ3) is 5.89. The van der Waals surface area contributed by atoms with Gasteiger partial charge in [0, 0.05) is 17.8 Å². The molecule has 0 saturated carbocycles. The Labute approximate surface area is 209 Å². The molecule has 1 fully saturated rings. The molecule has 7 nitrogen and oxygen atoms in total. The Morgan fingerprint density at radius 1 is 0.917 bits per heavy atom. The van der Waals surface area contributed by atoms with Crippen LogP contribution in [0.1, 0.15) is 42.6 Å². The van der Waals surface area contributed by atoms with Crippen LogP contribution in [0.4, 0.5) is 20.6 Å². The van der Waals surface area contributed by atoms with E-state index in [0.29, 0.717) is 23.4 Å². The van der Waals surface area contributed by atoms with Crippen LogP contribution in [-0.2, 0) is 20.9 Å². The van der Waals surface area contributed by atoms with Crippen LogP contribution in [0, 0.1) is 12.7 Å². The van der Waals surface area contributed by atoms with Gasteiger partial charge < -0.3 is 15.4 Å². The zero-order valence-corrected chi connectivity index (χ0v) is 20.2. The van der Waals surface area contributed by atoms with Gasteiger partial charge in [0.15, 0.2) is 12.1 Å². The van der Waals surface area contributed by atoms with Crippen molar-refractivity contribution in [3.8, 4) is 0 Å². The second-order valence-corrected chi connectivity index (χ2v) is 8.78. The van der Waals surface area contributed by atoms with Gasteiger partial charge in [0.25, 0.3) is 5.91 Å². The molecule has 0 spiro atoms. The van der Waals surface area contributed by atoms with Crippen LogP contribution in [0.5, 0.6) is 0 Å². The summed E-state index contributed by atoms with van der Waals surface area (Å²) in [6.45, 7) is 4.08. The molecular weight excluding hydrogens is 461 g/mol. The lowest BCUT2D eigenvalue weighted by molar-refractivity contribution is -0.121. The number of rotatable bonds is 8. The predicted molar refractivity (Wildman–Crippen MR) is 135 cm³/mol. The molecule has 4 rings (SSSR count). The fourth-order valence-corrected chi connectivity index (χ4v) is 4.06. The zero-order chi connectivity index (χ0) is 25.7. The molecule has 186 valence electrons. The molecule has 8 heteroatoms. The van der Waals surface area contributed by atoms with E-state index in [4.69, 9.17) is 4.74 Å². The lowest BCUT2D eigenvalue weighted by atomic mass is 10.00. The highest BCUT2D eigenvalue weighted by Crippen LogP contribution is 2.35. The molecule has 1 aliphatic heterocycles. The average Bonchev–Trinajstić information content (AvgIpc) is 3.18. The first kappa shape index (κ1) is 24.9. The number of cyclic esters (lactones) is 1. The van der Waals surface area contributed by atoms with Crippen LogP contribution < -0.4 is 10.6 Å². The predicted octanol–water partition coefficient (Wildman–Crippen LogP) is 5.57. The molecule has 1 saturated heterocycles. The Morgan fingerprint density at radius 2 is 1.53 bits per heavy atom. The van der Waals surface area contributed by atoms with Crippen LogP contribution in [0.3, 0.4) is 0 Å². The second kappa shape index (κ2) is 11.0. The Kier molecular flexibility index (Phi) is 7.63. The summed E-state index contributed by atoms with van der Waals surface area (Å²) in [7, 11) is 0. The van der Waals surface area contributed by atoms with Crippen molar-refractivity contribution in [1.82, 2.24) is 4.90 Å². The molecule has 2 N–H and O–H groups in total. The van der Waals surface area contributed by atoms with Gasteiger partial charge in [-0.15, -0.1) is 0 Å². The van der Waals surface area contributed by atoms with Crippen LogP contribution in [0.15, 0.2) is 72.8 Å². The summed E-state index contributed by atoms with van der Waals surface area (Å²) in [5.41, 5.74) is 3.57. The van der Waals surface area contributed by atoms with Gasteiger partial charge in [-0.1, -0.05) is 48.9 Å². The number of nitrogens with zero attached hydrogens (tertiary/aromatic N) is 1. The Bertz CT molecular complexity index is 1230. The van der Waals surface area contributed by atoms with Gasteiger partial charge in [-0.2, -0.15) is 0 Å². The number of hydrogen-bond acceptors (Lipinski definition) is 4. The van der Waals surface area contributed by atoms with E-state index in [1.807, 2.05) is 38.1 Å². The zero-order valence-electron chi connectivity index (χ0n) is 20.2. The van der Waals surface area contributed by atoms with Gasteiger partial charge in [-0.3, -0.25) is 14.5 Å². The number of nitrogens with one attached hydrogen (secondary N) is 2. The summed E-state index contributed by atoms with van der Waals surface area (Å²) in [5.74, 6) is -0.958. The van der Waals surface area contributed by atoms with E-state index in [0.717, 1.165) is 17.5 Å². The number of benzene rings is 3. The minimum Gasteiger partial charge on any atom is -0.438 e. The summed E-state index contributed by atoms with van der Waals surface area (Å²) in [6, 6.07) is 19.0. The van der Waals surface area contributed by atoms with Gasteiger partial charge in [0.1, 0.15) is 5.82 Å². The monoisotopic (exact) mass is 489 g/mol. The first-order valence-electron chi connectivity index (χ1n) is 11.8. The van der Waals surface area contributed by atoms with E-state index in [2.05, 4.69) is 10.6 Å². The average molecular weight is 490 g/mol. The van der Waals surface area contributed by atoms with E-state index in [1.54, 1.807) is 24.3 Å². The van der Waals surface area contributed by atoms with E-state index in [9.17, 15) is 18.8 Å². The third-order valence-electron chi connectivity index (χ3n) is 5.94. The molecule has 1 heterocycles. The number of carbonyl (C=O) groups excluding carboxylic acids is 3. The van der Waals surface area contributed by atoms with Crippen molar-refractivity contribution in [2.75, 3.05) is 10.6 Å². The largest absolute Gasteiger partial charge is 0.438 e. The number of aryl methyl sites for hydroxylation is 1. The molecule has 3 aromatic carbocycles. The van der Waals surface area contributed by atoms with Crippen molar-refractivity contribution in [1.29, 1.82) is 0 Å². The molecule has 0 aliphatic carbocycles. The van der Waals surface area contributed by atoms with Gasteiger partial charge in [-0.05, 0) is 60.9 Å².